The lowest BCUT2D eigenvalue weighted by atomic mass is 10.0. The largest absolute Gasteiger partial charge is 0.491 e. The van der Waals surface area contributed by atoms with Crippen LogP contribution in [-0.4, -0.2) is 59.3 Å². The summed E-state index contributed by atoms with van der Waals surface area (Å²) >= 11 is 11.7. The summed E-state index contributed by atoms with van der Waals surface area (Å²) in [6.45, 7) is 1.96. The molecule has 1 saturated heterocycles. The van der Waals surface area contributed by atoms with Crippen molar-refractivity contribution in [1.82, 2.24) is 15.2 Å². The average molecular weight is 492 g/mol. The molecule has 1 atom stereocenters. The minimum Gasteiger partial charge on any atom is -0.491 e. The van der Waals surface area contributed by atoms with E-state index in [4.69, 9.17) is 27.9 Å². The van der Waals surface area contributed by atoms with Gasteiger partial charge in [-0.2, -0.15) is 0 Å². The van der Waals surface area contributed by atoms with E-state index in [0.717, 1.165) is 36.8 Å². The number of halogens is 3. The van der Waals surface area contributed by atoms with E-state index in [9.17, 15) is 14.3 Å². The van der Waals surface area contributed by atoms with E-state index in [1.54, 1.807) is 24.3 Å². The molecule has 33 heavy (non-hydrogen) atoms. The van der Waals surface area contributed by atoms with E-state index in [1.165, 1.54) is 12.1 Å². The standard InChI is InChI=1S/C24H24Cl2FN3O3/c25-16-2-6-22-15(11-16)1-5-23(29-22)24(32)28-17-7-9-30(10-8-17)13-18(31)14-33-19-3-4-20(26)21(27)12-19/h1-6,11-12,17-18,31H,7-10,13-14H2,(H,28,32)/t18-/m1/s1. The summed E-state index contributed by atoms with van der Waals surface area (Å²) in [5, 5.41) is 14.9. The van der Waals surface area contributed by atoms with Gasteiger partial charge in [0.15, 0.2) is 0 Å². The number of fused-ring (bicyclic) bond motifs is 1. The van der Waals surface area contributed by atoms with Gasteiger partial charge in [-0.05, 0) is 49.2 Å². The zero-order valence-corrected chi connectivity index (χ0v) is 19.3. The summed E-state index contributed by atoms with van der Waals surface area (Å²) in [6.07, 6.45) is 0.820. The highest BCUT2D eigenvalue weighted by Crippen LogP contribution is 2.21. The van der Waals surface area contributed by atoms with Crippen LogP contribution in [0.2, 0.25) is 10.0 Å². The SMILES string of the molecule is O=C(NC1CCN(C[C@@H](O)COc2ccc(Cl)c(F)c2)CC1)c1ccc2cc(Cl)ccc2n1. The number of aromatic nitrogens is 1. The smallest absolute Gasteiger partial charge is 0.270 e. The molecule has 0 aliphatic carbocycles. The molecule has 0 unspecified atom stereocenters. The molecule has 0 saturated carbocycles. The van der Waals surface area contributed by atoms with Crippen molar-refractivity contribution < 1.29 is 19.0 Å². The summed E-state index contributed by atoms with van der Waals surface area (Å²) in [5.41, 5.74) is 1.10. The molecule has 1 fully saturated rings. The molecule has 0 spiro atoms. The van der Waals surface area contributed by atoms with E-state index >= 15 is 0 Å². The Morgan fingerprint density at radius 2 is 1.97 bits per heavy atom. The van der Waals surface area contributed by atoms with Crippen LogP contribution < -0.4 is 10.1 Å². The molecule has 2 heterocycles. The minimum absolute atomic E-state index is 0.0270. The Kier molecular flexibility index (Phi) is 7.65. The van der Waals surface area contributed by atoms with Crippen LogP contribution in [0, 0.1) is 5.82 Å². The van der Waals surface area contributed by atoms with E-state index in [-0.39, 0.29) is 23.6 Å². The molecule has 4 rings (SSSR count). The molecule has 0 radical (unpaired) electrons. The molecule has 9 heteroatoms. The van der Waals surface area contributed by atoms with Gasteiger partial charge in [-0.1, -0.05) is 29.3 Å². The predicted molar refractivity (Wildman–Crippen MR) is 127 cm³/mol. The van der Waals surface area contributed by atoms with E-state index in [1.807, 2.05) is 12.1 Å². The van der Waals surface area contributed by atoms with Crippen molar-refractivity contribution in [2.45, 2.75) is 25.0 Å². The van der Waals surface area contributed by atoms with Gasteiger partial charge in [-0.15, -0.1) is 0 Å². The number of benzene rings is 2. The lowest BCUT2D eigenvalue weighted by molar-refractivity contribution is 0.0566. The number of amides is 1. The molecule has 6 nitrogen and oxygen atoms in total. The third-order valence-corrected chi connectivity index (χ3v) is 6.15. The number of carbonyl (C=O) groups excluding carboxylic acids is 1. The van der Waals surface area contributed by atoms with Crippen molar-refractivity contribution in [3.8, 4) is 5.75 Å². The van der Waals surface area contributed by atoms with Crippen molar-refractivity contribution in [2.24, 2.45) is 0 Å². The molecule has 1 amide bonds. The maximum atomic E-state index is 13.5. The quantitative estimate of drug-likeness (QED) is 0.514. The minimum atomic E-state index is -0.717. The highest BCUT2D eigenvalue weighted by Gasteiger charge is 2.23. The van der Waals surface area contributed by atoms with Crippen LogP contribution in [-0.2, 0) is 0 Å². The fourth-order valence-corrected chi connectivity index (χ4v) is 4.15. The number of nitrogens with one attached hydrogen (secondary N) is 1. The number of likely N-dealkylation sites (tertiary alicyclic amines) is 1. The number of β-amino-alcohol motifs (C(OH)–C–C–N with tert-alkyl or cyclic N) is 1. The topological polar surface area (TPSA) is 74.7 Å². The van der Waals surface area contributed by atoms with E-state index in [2.05, 4.69) is 15.2 Å². The number of pyridine rings is 1. The molecular weight excluding hydrogens is 468 g/mol. The number of ether oxygens (including phenoxy) is 1. The molecular formula is C24H24Cl2FN3O3. The second kappa shape index (κ2) is 10.7. The van der Waals surface area contributed by atoms with Gasteiger partial charge in [-0.25, -0.2) is 9.37 Å². The Balaban J connectivity index is 1.22. The molecule has 2 aromatic carbocycles. The molecule has 1 aliphatic rings. The number of nitrogens with zero attached hydrogens (tertiary/aromatic N) is 2. The van der Waals surface area contributed by atoms with Gasteiger partial charge in [-0.3, -0.25) is 4.79 Å². The summed E-state index contributed by atoms with van der Waals surface area (Å²) in [5.74, 6) is -0.437. The third-order valence-electron chi connectivity index (χ3n) is 5.61. The van der Waals surface area contributed by atoms with Gasteiger partial charge >= 0.3 is 0 Å². The van der Waals surface area contributed by atoms with Crippen LogP contribution in [0.25, 0.3) is 10.9 Å². The Hall–Kier alpha value is -2.45. The monoisotopic (exact) mass is 491 g/mol. The Bertz CT molecular complexity index is 1140. The first kappa shape index (κ1) is 23.7. The zero-order chi connectivity index (χ0) is 23.4. The van der Waals surface area contributed by atoms with E-state index in [0.29, 0.717) is 23.0 Å². The van der Waals surface area contributed by atoms with Crippen LogP contribution in [0.4, 0.5) is 4.39 Å². The van der Waals surface area contributed by atoms with Gasteiger partial charge in [0.2, 0.25) is 0 Å². The zero-order valence-electron chi connectivity index (χ0n) is 17.8. The van der Waals surface area contributed by atoms with Crippen molar-refractivity contribution >= 4 is 40.0 Å². The fraction of sp³-hybridized carbons (Fsp3) is 0.333. The number of rotatable bonds is 7. The molecule has 2 N–H and O–H groups in total. The molecule has 1 aliphatic heterocycles. The molecule has 1 aromatic heterocycles. The van der Waals surface area contributed by atoms with Crippen molar-refractivity contribution in [3.05, 3.63) is 70.1 Å². The summed E-state index contributed by atoms with van der Waals surface area (Å²) in [6, 6.07) is 13.1. The second-order valence-corrected chi connectivity index (χ2v) is 8.97. The highest BCUT2D eigenvalue weighted by molar-refractivity contribution is 6.31. The van der Waals surface area contributed by atoms with Gasteiger partial charge in [0.25, 0.3) is 5.91 Å². The second-order valence-electron chi connectivity index (χ2n) is 8.12. The number of hydrogen-bond donors (Lipinski definition) is 2. The maximum Gasteiger partial charge on any atom is 0.270 e. The van der Waals surface area contributed by atoms with Crippen LogP contribution in [0.3, 0.4) is 0 Å². The van der Waals surface area contributed by atoms with Crippen LogP contribution >= 0.6 is 23.2 Å². The normalized spacial score (nSPS) is 16.0. The van der Waals surface area contributed by atoms with Crippen LogP contribution in [0.1, 0.15) is 23.3 Å². The summed E-state index contributed by atoms with van der Waals surface area (Å²) in [4.78, 5) is 19.2. The Morgan fingerprint density at radius 3 is 2.73 bits per heavy atom. The predicted octanol–water partition coefficient (Wildman–Crippen LogP) is 4.31. The summed E-state index contributed by atoms with van der Waals surface area (Å²) < 4.78 is 18.9. The van der Waals surface area contributed by atoms with Crippen molar-refractivity contribution in [1.29, 1.82) is 0 Å². The van der Waals surface area contributed by atoms with Gasteiger partial charge in [0.05, 0.1) is 10.5 Å². The van der Waals surface area contributed by atoms with Gasteiger partial charge < -0.3 is 20.1 Å². The number of aliphatic hydroxyl groups is 1. The number of aliphatic hydroxyl groups excluding tert-OH is 1. The lowest BCUT2D eigenvalue weighted by Gasteiger charge is -2.33. The fourth-order valence-electron chi connectivity index (χ4n) is 3.85. The van der Waals surface area contributed by atoms with Gasteiger partial charge in [0.1, 0.15) is 30.0 Å². The number of hydrogen-bond acceptors (Lipinski definition) is 5. The average Bonchev–Trinajstić information content (AvgIpc) is 2.80. The van der Waals surface area contributed by atoms with Crippen LogP contribution in [0.15, 0.2) is 48.5 Å². The highest BCUT2D eigenvalue weighted by atomic mass is 35.5. The lowest BCUT2D eigenvalue weighted by Crippen LogP contribution is -2.47. The molecule has 3 aromatic rings. The van der Waals surface area contributed by atoms with Crippen molar-refractivity contribution in [3.63, 3.8) is 0 Å². The van der Waals surface area contributed by atoms with Crippen molar-refractivity contribution in [2.75, 3.05) is 26.2 Å². The Morgan fingerprint density at radius 1 is 1.18 bits per heavy atom. The van der Waals surface area contributed by atoms with Gasteiger partial charge in [0, 0.05) is 42.2 Å². The molecule has 174 valence electrons. The summed E-state index contributed by atoms with van der Waals surface area (Å²) in [7, 11) is 0. The van der Waals surface area contributed by atoms with E-state index < -0.39 is 11.9 Å². The third kappa shape index (κ3) is 6.32. The number of piperidine rings is 1. The first-order valence-electron chi connectivity index (χ1n) is 10.7. The number of carbonyl (C=O) groups is 1. The first-order chi connectivity index (χ1) is 15.9. The Labute approximate surface area is 201 Å². The first-order valence-corrected chi connectivity index (χ1v) is 11.5. The van der Waals surface area contributed by atoms with Crippen LogP contribution in [0.5, 0.6) is 5.75 Å². The maximum absolute atomic E-state index is 13.5. The molecule has 0 bridgehead atoms.